The molecule has 174 valence electrons. The first-order valence-electron chi connectivity index (χ1n) is 11.4. The summed E-state index contributed by atoms with van der Waals surface area (Å²) in [5.41, 5.74) is 7.04. The predicted octanol–water partition coefficient (Wildman–Crippen LogP) is 4.56. The van der Waals surface area contributed by atoms with Crippen molar-refractivity contribution in [3.8, 4) is 5.69 Å². The Bertz CT molecular complexity index is 1090. The summed E-state index contributed by atoms with van der Waals surface area (Å²) >= 11 is 5.79. The second-order valence-electron chi connectivity index (χ2n) is 8.74. The van der Waals surface area contributed by atoms with Gasteiger partial charge < -0.3 is 24.4 Å². The van der Waals surface area contributed by atoms with Gasteiger partial charge in [-0.05, 0) is 80.5 Å². The fourth-order valence-electron chi connectivity index (χ4n) is 4.75. The molecule has 7 heteroatoms. The lowest BCUT2D eigenvalue weighted by Gasteiger charge is -2.28. The monoisotopic (exact) mass is 463 g/mol. The summed E-state index contributed by atoms with van der Waals surface area (Å²) in [6.45, 7) is 5.90. The molecule has 1 N–H and O–H groups in total. The maximum absolute atomic E-state index is 5.79. The normalized spacial score (nSPS) is 18.0. The van der Waals surface area contributed by atoms with Gasteiger partial charge in [0.15, 0.2) is 5.11 Å². The first kappa shape index (κ1) is 23.3. The zero-order valence-corrected chi connectivity index (χ0v) is 20.9. The molecule has 0 radical (unpaired) electrons. The Balaban J connectivity index is 1.76. The average molecular weight is 464 g/mol. The number of hydrogen-bond acceptors (Lipinski definition) is 4. The third-order valence-electron chi connectivity index (χ3n) is 6.36. The van der Waals surface area contributed by atoms with E-state index in [2.05, 4.69) is 89.0 Å². The number of nitrogens with one attached hydrogen (secondary N) is 1. The van der Waals surface area contributed by atoms with Gasteiger partial charge in [0, 0.05) is 63.3 Å². The zero-order chi connectivity index (χ0) is 23.5. The van der Waals surface area contributed by atoms with E-state index in [0.717, 1.165) is 29.5 Å². The van der Waals surface area contributed by atoms with Crippen molar-refractivity contribution in [3.63, 3.8) is 0 Å². The van der Waals surface area contributed by atoms with E-state index >= 15 is 0 Å². The number of anilines is 1. The number of benzene rings is 1. The first-order chi connectivity index (χ1) is 15.9. The van der Waals surface area contributed by atoms with E-state index < -0.39 is 0 Å². The van der Waals surface area contributed by atoms with E-state index in [9.17, 15) is 0 Å². The standard InChI is InChI=1S/C26H33N5OS/c1-18-17-22(19(2)31(18)21-12-10-20(11-13-21)29(3)4)25-24(23-9-6-7-14-27-23)28-26(33)30(25)15-8-16-32-5/h6-7,9-14,17,24-25H,8,15-16H2,1-5H3,(H,28,33)/t24-,25-/m0/s1. The summed E-state index contributed by atoms with van der Waals surface area (Å²) in [4.78, 5) is 9.08. The Hall–Kier alpha value is -2.90. The summed E-state index contributed by atoms with van der Waals surface area (Å²) in [5.74, 6) is 0. The van der Waals surface area contributed by atoms with Crippen molar-refractivity contribution in [2.24, 2.45) is 0 Å². The van der Waals surface area contributed by atoms with E-state index in [-0.39, 0.29) is 12.1 Å². The minimum Gasteiger partial charge on any atom is -0.385 e. The zero-order valence-electron chi connectivity index (χ0n) is 20.1. The van der Waals surface area contributed by atoms with Crippen LogP contribution in [0, 0.1) is 13.8 Å². The summed E-state index contributed by atoms with van der Waals surface area (Å²) < 4.78 is 7.64. The van der Waals surface area contributed by atoms with Gasteiger partial charge in [-0.2, -0.15) is 0 Å². The Morgan fingerprint density at radius 1 is 1.12 bits per heavy atom. The SMILES string of the molecule is COCCCN1C(=S)N[C@@H](c2ccccn2)[C@@H]1c1cc(C)n(-c2ccc(N(C)C)cc2)c1C. The van der Waals surface area contributed by atoms with Crippen molar-refractivity contribution in [1.29, 1.82) is 0 Å². The number of aryl methyl sites for hydroxylation is 1. The smallest absolute Gasteiger partial charge is 0.170 e. The number of thiocarbonyl (C=S) groups is 1. The molecular formula is C26H33N5OS. The van der Waals surface area contributed by atoms with Gasteiger partial charge in [0.25, 0.3) is 0 Å². The Morgan fingerprint density at radius 2 is 1.88 bits per heavy atom. The highest BCUT2D eigenvalue weighted by Gasteiger charge is 2.41. The molecule has 0 amide bonds. The van der Waals surface area contributed by atoms with Crippen LogP contribution in [0.1, 0.15) is 41.1 Å². The third-order valence-corrected chi connectivity index (χ3v) is 6.71. The Kier molecular flexibility index (Phi) is 7.00. The highest BCUT2D eigenvalue weighted by Crippen LogP contribution is 2.41. The van der Waals surface area contributed by atoms with E-state index in [4.69, 9.17) is 17.0 Å². The van der Waals surface area contributed by atoms with Crippen LogP contribution < -0.4 is 10.2 Å². The summed E-state index contributed by atoms with van der Waals surface area (Å²) in [5, 5.41) is 4.32. The van der Waals surface area contributed by atoms with E-state index in [1.54, 1.807) is 7.11 Å². The topological polar surface area (TPSA) is 45.6 Å². The van der Waals surface area contributed by atoms with Crippen molar-refractivity contribution < 1.29 is 4.74 Å². The van der Waals surface area contributed by atoms with Gasteiger partial charge in [-0.25, -0.2) is 0 Å². The van der Waals surface area contributed by atoms with Crippen molar-refractivity contribution in [2.45, 2.75) is 32.4 Å². The molecule has 3 aromatic rings. The fourth-order valence-corrected chi connectivity index (χ4v) is 5.08. The maximum atomic E-state index is 5.79. The highest BCUT2D eigenvalue weighted by molar-refractivity contribution is 7.80. The Morgan fingerprint density at radius 3 is 2.52 bits per heavy atom. The number of ether oxygens (including phenoxy) is 1. The molecule has 1 aromatic carbocycles. The van der Waals surface area contributed by atoms with Gasteiger partial charge in [-0.3, -0.25) is 4.98 Å². The second-order valence-corrected chi connectivity index (χ2v) is 9.13. The van der Waals surface area contributed by atoms with Gasteiger partial charge in [0.05, 0.1) is 17.8 Å². The molecule has 33 heavy (non-hydrogen) atoms. The molecular weight excluding hydrogens is 430 g/mol. The van der Waals surface area contributed by atoms with E-state index in [1.165, 1.54) is 22.6 Å². The molecule has 4 rings (SSSR count). The molecule has 1 aliphatic rings. The summed E-state index contributed by atoms with van der Waals surface area (Å²) in [6, 6.07) is 17.1. The van der Waals surface area contributed by atoms with E-state index in [0.29, 0.717) is 6.61 Å². The van der Waals surface area contributed by atoms with Gasteiger partial charge in [-0.15, -0.1) is 0 Å². The van der Waals surface area contributed by atoms with Crippen molar-refractivity contribution in [2.75, 3.05) is 39.3 Å². The number of pyridine rings is 1. The molecule has 1 aliphatic heterocycles. The molecule has 6 nitrogen and oxygen atoms in total. The fraction of sp³-hybridized carbons (Fsp3) is 0.385. The molecule has 0 aliphatic carbocycles. The molecule has 0 unspecified atom stereocenters. The number of aromatic nitrogens is 2. The van der Waals surface area contributed by atoms with Gasteiger partial charge in [0.2, 0.25) is 0 Å². The minimum atomic E-state index is -0.00804. The van der Waals surface area contributed by atoms with Gasteiger partial charge >= 0.3 is 0 Å². The van der Waals surface area contributed by atoms with Crippen molar-refractivity contribution in [1.82, 2.24) is 19.8 Å². The maximum Gasteiger partial charge on any atom is 0.170 e. The lowest BCUT2D eigenvalue weighted by atomic mass is 9.96. The van der Waals surface area contributed by atoms with Crippen LogP contribution in [0.4, 0.5) is 5.69 Å². The lowest BCUT2D eigenvalue weighted by Crippen LogP contribution is -2.31. The van der Waals surface area contributed by atoms with Crippen LogP contribution >= 0.6 is 12.2 Å². The van der Waals surface area contributed by atoms with Crippen LogP contribution in [0.15, 0.2) is 54.7 Å². The molecule has 1 saturated heterocycles. The molecule has 3 heterocycles. The number of nitrogens with zero attached hydrogens (tertiary/aromatic N) is 4. The van der Waals surface area contributed by atoms with Crippen LogP contribution in [0.3, 0.4) is 0 Å². The Labute approximate surface area is 202 Å². The quantitative estimate of drug-likeness (QED) is 0.390. The third kappa shape index (κ3) is 4.61. The van der Waals surface area contributed by atoms with E-state index in [1.807, 2.05) is 18.3 Å². The van der Waals surface area contributed by atoms with Crippen LogP contribution in [-0.2, 0) is 4.74 Å². The second kappa shape index (κ2) is 9.93. The van der Waals surface area contributed by atoms with Crippen molar-refractivity contribution >= 4 is 23.0 Å². The number of hydrogen-bond donors (Lipinski definition) is 1. The van der Waals surface area contributed by atoms with Crippen molar-refractivity contribution in [3.05, 3.63) is 77.4 Å². The largest absolute Gasteiger partial charge is 0.385 e. The van der Waals surface area contributed by atoms with Crippen LogP contribution in [0.2, 0.25) is 0 Å². The molecule has 0 spiro atoms. The van der Waals surface area contributed by atoms with Crippen LogP contribution in [0.25, 0.3) is 5.69 Å². The predicted molar refractivity (Wildman–Crippen MR) is 138 cm³/mol. The average Bonchev–Trinajstić information content (AvgIpc) is 3.29. The lowest BCUT2D eigenvalue weighted by molar-refractivity contribution is 0.180. The number of rotatable bonds is 8. The summed E-state index contributed by atoms with van der Waals surface area (Å²) in [6.07, 6.45) is 2.76. The molecule has 2 atom stereocenters. The van der Waals surface area contributed by atoms with Crippen LogP contribution in [-0.4, -0.2) is 53.9 Å². The molecule has 2 aromatic heterocycles. The van der Waals surface area contributed by atoms with Gasteiger partial charge in [-0.1, -0.05) is 6.07 Å². The highest BCUT2D eigenvalue weighted by atomic mass is 32.1. The molecule has 0 bridgehead atoms. The molecule has 1 fully saturated rings. The summed E-state index contributed by atoms with van der Waals surface area (Å²) in [7, 11) is 5.86. The number of methoxy groups -OCH3 is 1. The minimum absolute atomic E-state index is 0.00804. The van der Waals surface area contributed by atoms with Gasteiger partial charge in [0.1, 0.15) is 0 Å². The first-order valence-corrected chi connectivity index (χ1v) is 11.8. The molecule has 0 saturated carbocycles. The van der Waals surface area contributed by atoms with Crippen LogP contribution in [0.5, 0.6) is 0 Å².